The number of rotatable bonds is 6. The Kier molecular flexibility index (Phi) is 6.10. The van der Waals surface area contributed by atoms with Crippen LogP contribution in [0.15, 0.2) is 97.1 Å². The number of carbonyl (C=O) groups is 2. The highest BCUT2D eigenvalue weighted by Crippen LogP contribution is 2.20. The van der Waals surface area contributed by atoms with Gasteiger partial charge in [0.05, 0.1) is 0 Å². The Morgan fingerprint density at radius 2 is 1.30 bits per heavy atom. The maximum atomic E-state index is 12.2. The molecule has 3 aromatic carbocycles. The van der Waals surface area contributed by atoms with Gasteiger partial charge in [-0.1, -0.05) is 78.9 Å². The van der Waals surface area contributed by atoms with Gasteiger partial charge in [-0.05, 0) is 29.9 Å². The van der Waals surface area contributed by atoms with Crippen LogP contribution in [-0.2, 0) is 4.79 Å². The number of allylic oxidation sites excluding steroid dienone is 1. The van der Waals surface area contributed by atoms with Gasteiger partial charge in [0.2, 0.25) is 0 Å². The van der Waals surface area contributed by atoms with Crippen molar-refractivity contribution in [3.63, 3.8) is 0 Å². The van der Waals surface area contributed by atoms with Gasteiger partial charge in [0, 0.05) is 17.2 Å². The van der Waals surface area contributed by atoms with E-state index in [9.17, 15) is 9.59 Å². The van der Waals surface area contributed by atoms with Gasteiger partial charge < -0.3 is 4.74 Å². The first-order valence-corrected chi connectivity index (χ1v) is 8.54. The van der Waals surface area contributed by atoms with Crippen LogP contribution in [0.25, 0.3) is 12.2 Å². The van der Waals surface area contributed by atoms with Gasteiger partial charge in [-0.25, -0.2) is 4.79 Å². The molecule has 27 heavy (non-hydrogen) atoms. The zero-order chi connectivity index (χ0) is 18.9. The summed E-state index contributed by atoms with van der Waals surface area (Å²) in [5.41, 5.74) is 2.17. The van der Waals surface area contributed by atoms with Gasteiger partial charge in [-0.2, -0.15) is 0 Å². The highest BCUT2D eigenvalue weighted by Gasteiger charge is 2.06. The lowest BCUT2D eigenvalue weighted by atomic mass is 10.1. The fraction of sp³-hybridized carbons (Fsp3) is 0. The monoisotopic (exact) mass is 354 g/mol. The van der Waals surface area contributed by atoms with Crippen LogP contribution >= 0.6 is 0 Å². The summed E-state index contributed by atoms with van der Waals surface area (Å²) < 4.78 is 5.42. The Morgan fingerprint density at radius 1 is 0.667 bits per heavy atom. The SMILES string of the molecule is O=C(/C=C/c1ccccc1)Oc1ccccc1/C=C/C(=O)c1ccccc1. The number of para-hydroxylation sites is 1. The van der Waals surface area contributed by atoms with Gasteiger partial charge in [-0.15, -0.1) is 0 Å². The molecule has 0 saturated heterocycles. The lowest BCUT2D eigenvalue weighted by molar-refractivity contribution is -0.128. The molecule has 0 aliphatic rings. The highest BCUT2D eigenvalue weighted by atomic mass is 16.5. The molecule has 3 aromatic rings. The van der Waals surface area contributed by atoms with E-state index in [0.29, 0.717) is 16.9 Å². The third-order valence-corrected chi connectivity index (χ3v) is 3.81. The molecule has 0 amide bonds. The number of benzene rings is 3. The van der Waals surface area contributed by atoms with E-state index in [0.717, 1.165) is 5.56 Å². The molecule has 0 spiro atoms. The van der Waals surface area contributed by atoms with Gasteiger partial charge in [0.1, 0.15) is 5.75 Å². The zero-order valence-corrected chi connectivity index (χ0v) is 14.6. The molecule has 0 unspecified atom stereocenters. The summed E-state index contributed by atoms with van der Waals surface area (Å²) >= 11 is 0. The second-order valence-corrected chi connectivity index (χ2v) is 5.77. The maximum absolute atomic E-state index is 12.2. The summed E-state index contributed by atoms with van der Waals surface area (Å²) in [5.74, 6) is -0.188. The molecule has 3 nitrogen and oxygen atoms in total. The summed E-state index contributed by atoms with van der Waals surface area (Å²) in [6.07, 6.45) is 6.20. The first kappa shape index (κ1) is 18.1. The summed E-state index contributed by atoms with van der Waals surface area (Å²) in [7, 11) is 0. The second-order valence-electron chi connectivity index (χ2n) is 5.77. The fourth-order valence-corrected chi connectivity index (χ4v) is 2.45. The van der Waals surface area contributed by atoms with Crippen molar-refractivity contribution < 1.29 is 14.3 Å². The minimum Gasteiger partial charge on any atom is -0.423 e. The number of esters is 1. The number of hydrogen-bond donors (Lipinski definition) is 0. The summed E-state index contributed by atoms with van der Waals surface area (Å²) in [6.45, 7) is 0. The summed E-state index contributed by atoms with van der Waals surface area (Å²) in [6, 6.07) is 25.6. The van der Waals surface area contributed by atoms with Crippen molar-refractivity contribution in [1.82, 2.24) is 0 Å². The molecule has 0 bridgehead atoms. The molecule has 132 valence electrons. The zero-order valence-electron chi connectivity index (χ0n) is 14.6. The maximum Gasteiger partial charge on any atom is 0.336 e. The van der Waals surface area contributed by atoms with Gasteiger partial charge in [0.15, 0.2) is 5.78 Å². The van der Waals surface area contributed by atoms with Crippen LogP contribution in [0.3, 0.4) is 0 Å². The van der Waals surface area contributed by atoms with E-state index in [-0.39, 0.29) is 5.78 Å². The quantitative estimate of drug-likeness (QED) is 0.264. The first-order valence-electron chi connectivity index (χ1n) is 8.54. The Morgan fingerprint density at radius 3 is 2.04 bits per heavy atom. The van der Waals surface area contributed by atoms with Crippen LogP contribution in [0, 0.1) is 0 Å². The van der Waals surface area contributed by atoms with Crippen molar-refractivity contribution in [3.8, 4) is 5.75 Å². The Bertz CT molecular complexity index is 971. The van der Waals surface area contributed by atoms with Crippen LogP contribution in [0.5, 0.6) is 5.75 Å². The molecule has 0 atom stereocenters. The Balaban J connectivity index is 1.70. The first-order chi connectivity index (χ1) is 13.2. The predicted octanol–water partition coefficient (Wildman–Crippen LogP) is 5.20. The topological polar surface area (TPSA) is 43.4 Å². The predicted molar refractivity (Wildman–Crippen MR) is 107 cm³/mol. The summed E-state index contributed by atoms with van der Waals surface area (Å²) in [4.78, 5) is 24.3. The van der Waals surface area contributed by atoms with Crippen molar-refractivity contribution in [3.05, 3.63) is 114 Å². The molecule has 0 radical (unpaired) electrons. The fourth-order valence-electron chi connectivity index (χ4n) is 2.45. The van der Waals surface area contributed by atoms with Crippen LogP contribution < -0.4 is 4.74 Å². The standard InChI is InChI=1S/C24H18O3/c25-22(20-11-5-2-6-12-20)17-16-21-13-7-8-14-23(21)27-24(26)18-15-19-9-3-1-4-10-19/h1-18H/b17-16+,18-15+. The van der Waals surface area contributed by atoms with E-state index in [1.54, 1.807) is 42.5 Å². The average Bonchev–Trinajstić information content (AvgIpc) is 2.73. The molecular weight excluding hydrogens is 336 g/mol. The smallest absolute Gasteiger partial charge is 0.336 e. The van der Waals surface area contributed by atoms with Crippen LogP contribution in [0.2, 0.25) is 0 Å². The molecular formula is C24H18O3. The second kappa shape index (κ2) is 9.11. The van der Waals surface area contributed by atoms with Crippen molar-refractivity contribution in [1.29, 1.82) is 0 Å². The molecule has 0 aromatic heterocycles. The largest absolute Gasteiger partial charge is 0.423 e. The molecule has 0 aliphatic heterocycles. The summed E-state index contributed by atoms with van der Waals surface area (Å²) in [5, 5.41) is 0. The number of ketones is 1. The van der Waals surface area contributed by atoms with Crippen molar-refractivity contribution in [2.24, 2.45) is 0 Å². The van der Waals surface area contributed by atoms with Crippen LogP contribution in [0.1, 0.15) is 21.5 Å². The molecule has 0 aliphatic carbocycles. The Hall–Kier alpha value is -3.72. The minimum atomic E-state index is -0.478. The highest BCUT2D eigenvalue weighted by molar-refractivity contribution is 6.07. The lowest BCUT2D eigenvalue weighted by Crippen LogP contribution is -2.04. The van der Waals surface area contributed by atoms with E-state index in [1.807, 2.05) is 54.6 Å². The molecule has 0 fully saturated rings. The molecule has 0 saturated carbocycles. The van der Waals surface area contributed by atoms with Crippen LogP contribution in [0.4, 0.5) is 0 Å². The van der Waals surface area contributed by atoms with Crippen molar-refractivity contribution in [2.75, 3.05) is 0 Å². The number of hydrogen-bond acceptors (Lipinski definition) is 3. The van der Waals surface area contributed by atoms with Crippen molar-refractivity contribution in [2.45, 2.75) is 0 Å². The third kappa shape index (κ3) is 5.38. The van der Waals surface area contributed by atoms with Crippen molar-refractivity contribution >= 4 is 23.9 Å². The Labute approximate surface area is 158 Å². The van der Waals surface area contributed by atoms with E-state index < -0.39 is 5.97 Å². The minimum absolute atomic E-state index is 0.110. The van der Waals surface area contributed by atoms with E-state index in [2.05, 4.69) is 0 Å². The molecule has 0 heterocycles. The number of carbonyl (C=O) groups excluding carboxylic acids is 2. The van der Waals surface area contributed by atoms with Gasteiger partial charge >= 0.3 is 5.97 Å². The van der Waals surface area contributed by atoms with E-state index in [4.69, 9.17) is 4.74 Å². The average molecular weight is 354 g/mol. The van der Waals surface area contributed by atoms with Gasteiger partial charge in [-0.3, -0.25) is 4.79 Å². The third-order valence-electron chi connectivity index (χ3n) is 3.81. The molecule has 3 heteroatoms. The molecule has 0 N–H and O–H groups in total. The van der Waals surface area contributed by atoms with E-state index in [1.165, 1.54) is 12.2 Å². The normalized spacial score (nSPS) is 11.0. The lowest BCUT2D eigenvalue weighted by Gasteiger charge is -2.05. The van der Waals surface area contributed by atoms with E-state index >= 15 is 0 Å². The van der Waals surface area contributed by atoms with Crippen LogP contribution in [-0.4, -0.2) is 11.8 Å². The van der Waals surface area contributed by atoms with Gasteiger partial charge in [0.25, 0.3) is 0 Å². The molecule has 3 rings (SSSR count). The number of ether oxygens (including phenoxy) is 1.